The van der Waals surface area contributed by atoms with Crippen LogP contribution in [0.25, 0.3) is 0 Å². The van der Waals surface area contributed by atoms with Crippen molar-refractivity contribution < 1.29 is 0 Å². The molecule has 0 bridgehead atoms. The number of rotatable bonds is 2. The fourth-order valence-electron chi connectivity index (χ4n) is 1.67. The zero-order valence-electron chi connectivity index (χ0n) is 8.24. The number of hydrogen-bond donors (Lipinski definition) is 0. The van der Waals surface area contributed by atoms with Crippen molar-refractivity contribution in [3.8, 4) is 0 Å². The van der Waals surface area contributed by atoms with Crippen LogP contribution in [0.2, 0.25) is 0 Å². The fraction of sp³-hybridized carbons (Fsp3) is 0.455. The first-order valence-corrected chi connectivity index (χ1v) is 6.52. The average Bonchev–Trinajstić information content (AvgIpc) is 2.56. The Kier molecular flexibility index (Phi) is 3.52. The minimum absolute atomic E-state index is 0.726. The van der Waals surface area contributed by atoms with Gasteiger partial charge in [-0.25, -0.2) is 4.31 Å². The van der Waals surface area contributed by atoms with Gasteiger partial charge in [-0.15, -0.1) is 0 Å². The summed E-state index contributed by atoms with van der Waals surface area (Å²) in [4.78, 5) is 1.34. The van der Waals surface area contributed by atoms with E-state index < -0.39 is 0 Å². The van der Waals surface area contributed by atoms with E-state index in [-0.39, 0.29) is 0 Å². The van der Waals surface area contributed by atoms with Gasteiger partial charge in [0, 0.05) is 22.0 Å². The first-order chi connectivity index (χ1) is 6.75. The van der Waals surface area contributed by atoms with Crippen molar-refractivity contribution in [2.24, 2.45) is 0 Å². The topological polar surface area (TPSA) is 3.24 Å². The second-order valence-electron chi connectivity index (χ2n) is 3.68. The Hall–Kier alpha value is 0.01000. The van der Waals surface area contributed by atoms with E-state index in [0.29, 0.717) is 0 Å². The molecule has 1 aliphatic rings. The predicted molar refractivity (Wildman–Crippen MR) is 65.4 cm³/mol. The Labute approximate surface area is 98.1 Å². The van der Waals surface area contributed by atoms with Crippen molar-refractivity contribution in [2.75, 3.05) is 6.54 Å². The van der Waals surface area contributed by atoms with Gasteiger partial charge < -0.3 is 0 Å². The molecule has 14 heavy (non-hydrogen) atoms. The van der Waals surface area contributed by atoms with Gasteiger partial charge in [-0.2, -0.15) is 0 Å². The lowest BCUT2D eigenvalue weighted by Crippen LogP contribution is -2.18. The van der Waals surface area contributed by atoms with Gasteiger partial charge in [-0.3, -0.25) is 0 Å². The van der Waals surface area contributed by atoms with Crippen molar-refractivity contribution in [3.63, 3.8) is 0 Å². The largest absolute Gasteiger partial charge is 0.244 e. The van der Waals surface area contributed by atoms with E-state index >= 15 is 0 Å². The van der Waals surface area contributed by atoms with Crippen LogP contribution in [-0.2, 0) is 0 Å². The molecule has 3 heteroatoms. The Morgan fingerprint density at radius 1 is 1.36 bits per heavy atom. The van der Waals surface area contributed by atoms with Crippen LogP contribution in [0.4, 0.5) is 0 Å². The lowest BCUT2D eigenvalue weighted by molar-refractivity contribution is 0.467. The predicted octanol–water partition coefficient (Wildman–Crippen LogP) is 3.94. The molecule has 1 aromatic rings. The van der Waals surface area contributed by atoms with Gasteiger partial charge in [-0.05, 0) is 56.0 Å². The summed E-state index contributed by atoms with van der Waals surface area (Å²) in [6.45, 7) is 3.53. The molecule has 0 aromatic heterocycles. The van der Waals surface area contributed by atoms with Gasteiger partial charge in [0.25, 0.3) is 0 Å². The monoisotopic (exact) mass is 271 g/mol. The lowest BCUT2D eigenvalue weighted by atomic mass is 10.3. The molecular formula is C11H14BrNS. The number of halogens is 1. The molecule has 0 N–H and O–H groups in total. The third-order valence-corrected chi connectivity index (χ3v) is 4.32. The van der Waals surface area contributed by atoms with Crippen LogP contribution in [0.1, 0.15) is 19.8 Å². The molecule has 0 amide bonds. The third kappa shape index (κ3) is 2.53. The highest BCUT2D eigenvalue weighted by molar-refractivity contribution is 9.10. The van der Waals surface area contributed by atoms with E-state index in [9.17, 15) is 0 Å². The van der Waals surface area contributed by atoms with E-state index in [2.05, 4.69) is 51.4 Å². The highest BCUT2D eigenvalue weighted by Gasteiger charge is 2.20. The van der Waals surface area contributed by atoms with Crippen molar-refractivity contribution in [2.45, 2.75) is 30.7 Å². The Bertz CT molecular complexity index is 299. The molecular weight excluding hydrogens is 258 g/mol. The van der Waals surface area contributed by atoms with Crippen LogP contribution in [0, 0.1) is 0 Å². The maximum atomic E-state index is 3.45. The molecule has 1 aliphatic heterocycles. The quantitative estimate of drug-likeness (QED) is 0.750. The first-order valence-electron chi connectivity index (χ1n) is 4.96. The number of hydrogen-bond acceptors (Lipinski definition) is 2. The molecule has 1 saturated heterocycles. The van der Waals surface area contributed by atoms with Crippen LogP contribution in [0.15, 0.2) is 33.6 Å². The van der Waals surface area contributed by atoms with E-state index in [1.807, 2.05) is 11.9 Å². The van der Waals surface area contributed by atoms with Crippen LogP contribution in [-0.4, -0.2) is 16.9 Å². The smallest absolute Gasteiger partial charge is 0.0231 e. The Balaban J connectivity index is 2.00. The van der Waals surface area contributed by atoms with E-state index in [1.165, 1.54) is 24.3 Å². The first kappa shape index (κ1) is 10.5. The summed E-state index contributed by atoms with van der Waals surface area (Å²) >= 11 is 5.33. The summed E-state index contributed by atoms with van der Waals surface area (Å²) in [5, 5.41) is 0. The van der Waals surface area contributed by atoms with Gasteiger partial charge in [0.2, 0.25) is 0 Å². The van der Waals surface area contributed by atoms with Crippen LogP contribution in [0.3, 0.4) is 0 Å². The minimum Gasteiger partial charge on any atom is -0.244 e. The van der Waals surface area contributed by atoms with Crippen LogP contribution >= 0.6 is 27.9 Å². The van der Waals surface area contributed by atoms with Gasteiger partial charge in [0.15, 0.2) is 0 Å². The zero-order valence-corrected chi connectivity index (χ0v) is 10.6. The summed E-state index contributed by atoms with van der Waals surface area (Å²) < 4.78 is 3.62. The molecule has 1 fully saturated rings. The van der Waals surface area contributed by atoms with Crippen LogP contribution in [0.5, 0.6) is 0 Å². The summed E-state index contributed by atoms with van der Waals surface area (Å²) in [5.41, 5.74) is 0. The molecule has 76 valence electrons. The highest BCUT2D eigenvalue weighted by Crippen LogP contribution is 2.31. The van der Waals surface area contributed by atoms with Crippen molar-refractivity contribution in [1.29, 1.82) is 0 Å². The zero-order chi connectivity index (χ0) is 9.97. The Morgan fingerprint density at radius 3 is 2.64 bits per heavy atom. The van der Waals surface area contributed by atoms with Crippen LogP contribution < -0.4 is 0 Å². The number of nitrogens with zero attached hydrogens (tertiary/aromatic N) is 1. The summed E-state index contributed by atoms with van der Waals surface area (Å²) in [6.07, 6.45) is 2.67. The average molecular weight is 272 g/mol. The van der Waals surface area contributed by atoms with Gasteiger partial charge in [0.1, 0.15) is 0 Å². The maximum Gasteiger partial charge on any atom is 0.0231 e. The van der Waals surface area contributed by atoms with Gasteiger partial charge in [0.05, 0.1) is 0 Å². The molecule has 1 aromatic carbocycles. The molecule has 0 radical (unpaired) electrons. The SMILES string of the molecule is CC1CCCN1Sc1ccc(Br)cc1. The van der Waals surface area contributed by atoms with Crippen molar-refractivity contribution in [1.82, 2.24) is 4.31 Å². The van der Waals surface area contributed by atoms with E-state index in [1.54, 1.807) is 0 Å². The number of benzene rings is 1. The lowest BCUT2D eigenvalue weighted by Gasteiger charge is -2.19. The Morgan fingerprint density at radius 2 is 2.07 bits per heavy atom. The van der Waals surface area contributed by atoms with Crippen molar-refractivity contribution >= 4 is 27.9 Å². The molecule has 1 nitrogen and oxygen atoms in total. The maximum absolute atomic E-state index is 3.45. The fourth-order valence-corrected chi connectivity index (χ4v) is 2.97. The molecule has 1 atom stereocenters. The molecule has 0 spiro atoms. The molecule has 2 rings (SSSR count). The summed E-state index contributed by atoms with van der Waals surface area (Å²) in [6, 6.07) is 9.26. The van der Waals surface area contributed by atoms with E-state index in [0.717, 1.165) is 10.5 Å². The molecule has 0 aliphatic carbocycles. The summed E-state index contributed by atoms with van der Waals surface area (Å²) in [7, 11) is 0. The molecule has 1 heterocycles. The normalized spacial score (nSPS) is 22.9. The molecule has 0 saturated carbocycles. The third-order valence-electron chi connectivity index (χ3n) is 2.53. The summed E-state index contributed by atoms with van der Waals surface area (Å²) in [5.74, 6) is 0. The van der Waals surface area contributed by atoms with Crippen molar-refractivity contribution in [3.05, 3.63) is 28.7 Å². The molecule has 1 unspecified atom stereocenters. The second-order valence-corrected chi connectivity index (χ2v) is 5.72. The van der Waals surface area contributed by atoms with E-state index in [4.69, 9.17) is 0 Å². The van der Waals surface area contributed by atoms with Gasteiger partial charge >= 0.3 is 0 Å². The highest BCUT2D eigenvalue weighted by atomic mass is 79.9. The second kappa shape index (κ2) is 4.69. The standard InChI is InChI=1S/C11H14BrNS/c1-9-3-2-8-13(9)14-11-6-4-10(12)5-7-11/h4-7,9H,2-3,8H2,1H3. The van der Waals surface area contributed by atoms with Gasteiger partial charge in [-0.1, -0.05) is 15.9 Å². The minimum atomic E-state index is 0.726.